The molecule has 26 heavy (non-hydrogen) atoms. The maximum Gasteiger partial charge on any atom is 0.0653 e. The molecule has 1 nitrogen and oxygen atoms in total. The lowest BCUT2D eigenvalue weighted by molar-refractivity contribution is -0.211. The Morgan fingerprint density at radius 1 is 0.885 bits per heavy atom. The summed E-state index contributed by atoms with van der Waals surface area (Å²) in [5.74, 6) is 2.94. The molecule has 0 saturated heterocycles. The van der Waals surface area contributed by atoms with Gasteiger partial charge in [0.25, 0.3) is 0 Å². The molecule has 3 fully saturated rings. The van der Waals surface area contributed by atoms with Gasteiger partial charge in [-0.25, -0.2) is 0 Å². The lowest BCUT2D eigenvalue weighted by Crippen LogP contribution is -2.62. The maximum absolute atomic E-state index is 11.4. The molecule has 0 radical (unpaired) electrons. The van der Waals surface area contributed by atoms with Crippen molar-refractivity contribution in [2.75, 3.05) is 0 Å². The number of fused-ring (bicyclic) bond motifs is 3. The van der Waals surface area contributed by atoms with E-state index in [1.807, 2.05) is 0 Å². The van der Waals surface area contributed by atoms with Crippen molar-refractivity contribution in [3.05, 3.63) is 0 Å². The summed E-state index contributed by atoms with van der Waals surface area (Å²) in [6.45, 7) is 17.2. The molecule has 3 saturated carbocycles. The first-order chi connectivity index (χ1) is 12.0. The van der Waals surface area contributed by atoms with Crippen molar-refractivity contribution >= 4 is 0 Å². The average molecular weight is 363 g/mol. The molecular weight excluding hydrogens is 316 g/mol. The molecule has 7 atom stereocenters. The van der Waals surface area contributed by atoms with Gasteiger partial charge in [0, 0.05) is 0 Å². The van der Waals surface area contributed by atoms with Gasteiger partial charge in [-0.3, -0.25) is 0 Å². The van der Waals surface area contributed by atoms with Crippen LogP contribution in [0, 0.1) is 39.9 Å². The quantitative estimate of drug-likeness (QED) is 0.559. The normalized spacial score (nSPS) is 49.2. The van der Waals surface area contributed by atoms with Crippen LogP contribution in [0.3, 0.4) is 0 Å². The Bertz CT molecular complexity index is 506. The Hall–Kier alpha value is -0.0400. The Balaban J connectivity index is 1.92. The largest absolute Gasteiger partial charge is 0.390 e. The van der Waals surface area contributed by atoms with Gasteiger partial charge in [0.1, 0.15) is 0 Å². The topological polar surface area (TPSA) is 20.2 Å². The predicted molar refractivity (Wildman–Crippen MR) is 112 cm³/mol. The van der Waals surface area contributed by atoms with E-state index in [-0.39, 0.29) is 0 Å². The second-order valence-corrected chi connectivity index (χ2v) is 12.0. The molecule has 0 aliphatic heterocycles. The van der Waals surface area contributed by atoms with E-state index in [0.29, 0.717) is 22.2 Å². The number of hydrogen-bond acceptors (Lipinski definition) is 1. The van der Waals surface area contributed by atoms with E-state index in [4.69, 9.17) is 0 Å². The molecule has 0 spiro atoms. The molecule has 0 aromatic heterocycles. The summed E-state index contributed by atoms with van der Waals surface area (Å²) in [5.41, 5.74) is 0.848. The van der Waals surface area contributed by atoms with E-state index in [2.05, 4.69) is 48.5 Å². The summed E-state index contributed by atoms with van der Waals surface area (Å²) in [5, 5.41) is 11.4. The second-order valence-electron chi connectivity index (χ2n) is 12.0. The van der Waals surface area contributed by atoms with Crippen molar-refractivity contribution < 1.29 is 5.11 Å². The summed E-state index contributed by atoms with van der Waals surface area (Å²) in [6, 6.07) is 0. The minimum atomic E-state index is -0.466. The van der Waals surface area contributed by atoms with Crippen LogP contribution >= 0.6 is 0 Å². The zero-order chi connectivity index (χ0) is 19.4. The Morgan fingerprint density at radius 2 is 1.54 bits per heavy atom. The predicted octanol–water partition coefficient (Wildman–Crippen LogP) is 7.22. The fourth-order valence-corrected chi connectivity index (χ4v) is 8.38. The third-order valence-electron chi connectivity index (χ3n) is 9.97. The van der Waals surface area contributed by atoms with Crippen molar-refractivity contribution in [1.82, 2.24) is 0 Å². The van der Waals surface area contributed by atoms with Crippen molar-refractivity contribution in [3.8, 4) is 0 Å². The first kappa shape index (κ1) is 20.7. The van der Waals surface area contributed by atoms with Crippen LogP contribution in [0.1, 0.15) is 113 Å². The lowest BCUT2D eigenvalue weighted by Gasteiger charge is -2.67. The molecule has 3 rings (SSSR count). The van der Waals surface area contributed by atoms with E-state index < -0.39 is 5.60 Å². The Morgan fingerprint density at radius 3 is 2.19 bits per heavy atom. The minimum Gasteiger partial charge on any atom is -0.390 e. The summed E-state index contributed by atoms with van der Waals surface area (Å²) in [4.78, 5) is 0. The smallest absolute Gasteiger partial charge is 0.0653 e. The van der Waals surface area contributed by atoms with Gasteiger partial charge in [-0.15, -0.1) is 0 Å². The molecule has 1 unspecified atom stereocenters. The minimum absolute atomic E-state index is 0.327. The van der Waals surface area contributed by atoms with E-state index in [1.54, 1.807) is 0 Å². The molecule has 0 amide bonds. The summed E-state index contributed by atoms with van der Waals surface area (Å²) < 4.78 is 0. The highest BCUT2D eigenvalue weighted by molar-refractivity contribution is 5.12. The van der Waals surface area contributed by atoms with Crippen LogP contribution in [-0.4, -0.2) is 10.7 Å². The van der Waals surface area contributed by atoms with E-state index in [1.165, 1.54) is 57.8 Å². The van der Waals surface area contributed by atoms with Gasteiger partial charge in [-0.1, -0.05) is 60.8 Å². The van der Waals surface area contributed by atoms with E-state index in [9.17, 15) is 5.11 Å². The molecule has 0 aromatic rings. The Kier molecular flexibility index (Phi) is 5.40. The lowest BCUT2D eigenvalue weighted by atomic mass is 9.38. The SMILES string of the molecule is CCC(C)CC[C@H]1[C@]2(C)CC[C@H]3C(C)(C)CCC[C@]3(C)[C@H]2CC[C@]1(C)O. The second kappa shape index (κ2) is 6.78. The van der Waals surface area contributed by atoms with Gasteiger partial charge >= 0.3 is 0 Å². The van der Waals surface area contributed by atoms with Crippen LogP contribution in [0.2, 0.25) is 0 Å². The Labute approximate surface area is 163 Å². The zero-order valence-electron chi connectivity index (χ0n) is 18.8. The molecular formula is C25H46O. The first-order valence-corrected chi connectivity index (χ1v) is 11.7. The number of hydrogen-bond donors (Lipinski definition) is 1. The molecule has 152 valence electrons. The summed E-state index contributed by atoms with van der Waals surface area (Å²) in [7, 11) is 0. The van der Waals surface area contributed by atoms with Gasteiger partial charge in [-0.2, -0.15) is 0 Å². The highest BCUT2D eigenvalue weighted by Crippen LogP contribution is 2.70. The zero-order valence-corrected chi connectivity index (χ0v) is 18.8. The fourth-order valence-electron chi connectivity index (χ4n) is 8.38. The third kappa shape index (κ3) is 3.19. The van der Waals surface area contributed by atoms with Gasteiger partial charge in [0.2, 0.25) is 0 Å². The van der Waals surface area contributed by atoms with Crippen molar-refractivity contribution in [2.24, 2.45) is 39.9 Å². The van der Waals surface area contributed by atoms with Gasteiger partial charge in [-0.05, 0) is 91.8 Å². The standard InChI is InChI=1S/C25H46O/c1-8-18(2)10-11-21-24(6)16-12-19-22(3,4)14-9-15-23(19,5)20(24)13-17-25(21,7)26/h18-21,26H,8-17H2,1-7H3/t18?,19-,20+,21-,23-,24+,25-/m0/s1. The van der Waals surface area contributed by atoms with Crippen molar-refractivity contribution in [2.45, 2.75) is 118 Å². The molecule has 1 heteroatoms. The number of aliphatic hydroxyl groups is 1. The van der Waals surface area contributed by atoms with Crippen LogP contribution in [0.4, 0.5) is 0 Å². The fraction of sp³-hybridized carbons (Fsp3) is 1.00. The van der Waals surface area contributed by atoms with Crippen LogP contribution in [-0.2, 0) is 0 Å². The maximum atomic E-state index is 11.4. The van der Waals surface area contributed by atoms with E-state index in [0.717, 1.165) is 24.2 Å². The monoisotopic (exact) mass is 362 g/mol. The van der Waals surface area contributed by atoms with Crippen molar-refractivity contribution in [3.63, 3.8) is 0 Å². The van der Waals surface area contributed by atoms with Gasteiger partial charge in [0.05, 0.1) is 5.60 Å². The van der Waals surface area contributed by atoms with Crippen molar-refractivity contribution in [1.29, 1.82) is 0 Å². The molecule has 3 aliphatic rings. The van der Waals surface area contributed by atoms with Gasteiger partial charge in [0.15, 0.2) is 0 Å². The average Bonchev–Trinajstić information content (AvgIpc) is 2.52. The summed E-state index contributed by atoms with van der Waals surface area (Å²) in [6.07, 6.45) is 13.0. The van der Waals surface area contributed by atoms with Crippen LogP contribution in [0.5, 0.6) is 0 Å². The molecule has 0 bridgehead atoms. The van der Waals surface area contributed by atoms with E-state index >= 15 is 0 Å². The molecule has 0 heterocycles. The first-order valence-electron chi connectivity index (χ1n) is 11.7. The molecule has 1 N–H and O–H groups in total. The molecule has 0 aromatic carbocycles. The highest BCUT2D eigenvalue weighted by atomic mass is 16.3. The van der Waals surface area contributed by atoms with Gasteiger partial charge < -0.3 is 5.11 Å². The third-order valence-corrected chi connectivity index (χ3v) is 9.97. The van der Waals surface area contributed by atoms with Crippen LogP contribution < -0.4 is 0 Å². The van der Waals surface area contributed by atoms with Crippen LogP contribution in [0.25, 0.3) is 0 Å². The highest BCUT2D eigenvalue weighted by Gasteiger charge is 2.63. The number of rotatable bonds is 4. The van der Waals surface area contributed by atoms with Crippen LogP contribution in [0.15, 0.2) is 0 Å². The molecule has 3 aliphatic carbocycles. The summed E-state index contributed by atoms with van der Waals surface area (Å²) >= 11 is 0.